The van der Waals surface area contributed by atoms with E-state index in [4.69, 9.17) is 24.7 Å². The Morgan fingerprint density at radius 1 is 1.05 bits per heavy atom. The molecule has 10 nitrogen and oxygen atoms in total. The van der Waals surface area contributed by atoms with Crippen molar-refractivity contribution in [1.82, 2.24) is 39.1 Å². The highest BCUT2D eigenvalue weighted by molar-refractivity contribution is 5.79. The molecule has 41 heavy (non-hydrogen) atoms. The molecule has 7 heterocycles. The van der Waals surface area contributed by atoms with Crippen molar-refractivity contribution in [2.75, 3.05) is 19.8 Å². The van der Waals surface area contributed by atoms with Crippen molar-refractivity contribution in [3.63, 3.8) is 0 Å². The minimum atomic E-state index is -0.404. The molecule has 3 unspecified atom stereocenters. The van der Waals surface area contributed by atoms with E-state index in [0.29, 0.717) is 11.6 Å². The summed E-state index contributed by atoms with van der Waals surface area (Å²) in [4.78, 5) is 9.35. The van der Waals surface area contributed by atoms with Crippen LogP contribution in [-0.2, 0) is 14.9 Å². The fraction of sp³-hybridized carbons (Fsp3) is 0.433. The van der Waals surface area contributed by atoms with E-state index in [-0.39, 0.29) is 11.6 Å². The van der Waals surface area contributed by atoms with Crippen LogP contribution < -0.4 is 0 Å². The monoisotopic (exact) mass is 554 g/mol. The molecule has 5 aromatic heterocycles. The van der Waals surface area contributed by atoms with E-state index in [2.05, 4.69) is 16.1 Å². The van der Waals surface area contributed by atoms with Crippen LogP contribution in [-0.4, -0.2) is 59.0 Å². The minimum Gasteiger partial charge on any atom is -0.381 e. The first-order valence-electron chi connectivity index (χ1n) is 14.3. The number of pyridine rings is 1. The summed E-state index contributed by atoms with van der Waals surface area (Å²) >= 11 is 0. The molecule has 0 aromatic carbocycles. The zero-order chi connectivity index (χ0) is 27.7. The lowest BCUT2D eigenvalue weighted by molar-refractivity contribution is -0.0383. The van der Waals surface area contributed by atoms with Gasteiger partial charge in [0.05, 0.1) is 64.9 Å². The number of nitrogens with zero attached hydrogens (tertiary/aromatic N) is 8. The van der Waals surface area contributed by atoms with E-state index in [1.54, 1.807) is 10.9 Å². The molecule has 0 amide bonds. The third-order valence-electron chi connectivity index (χ3n) is 9.08. The van der Waals surface area contributed by atoms with Gasteiger partial charge in [-0.3, -0.25) is 4.98 Å². The first-order chi connectivity index (χ1) is 20.0. The van der Waals surface area contributed by atoms with Crippen LogP contribution in [0.5, 0.6) is 0 Å². The number of aryl methyl sites for hydroxylation is 1. The molecule has 1 saturated carbocycles. The van der Waals surface area contributed by atoms with Crippen molar-refractivity contribution in [3.8, 4) is 28.2 Å². The lowest BCUT2D eigenvalue weighted by Crippen LogP contribution is -2.23. The quantitative estimate of drug-likeness (QED) is 0.303. The number of halogens is 1. The van der Waals surface area contributed by atoms with Gasteiger partial charge in [0.2, 0.25) is 0 Å². The van der Waals surface area contributed by atoms with Gasteiger partial charge in [-0.15, -0.1) is 0 Å². The van der Waals surface area contributed by atoms with E-state index in [1.165, 1.54) is 12.3 Å². The molecule has 3 fully saturated rings. The maximum Gasteiger partial charge on any atom is 0.165 e. The van der Waals surface area contributed by atoms with Gasteiger partial charge in [0.1, 0.15) is 5.82 Å². The molecule has 0 bridgehead atoms. The molecule has 8 rings (SSSR count). The summed E-state index contributed by atoms with van der Waals surface area (Å²) in [6, 6.07) is 5.64. The highest BCUT2D eigenvalue weighted by Crippen LogP contribution is 2.58. The summed E-state index contributed by atoms with van der Waals surface area (Å²) in [6.07, 6.45) is 11.5. The van der Waals surface area contributed by atoms with Gasteiger partial charge in [-0.1, -0.05) is 0 Å². The molecule has 0 radical (unpaired) electrons. The molecule has 210 valence electrons. The fourth-order valence-electron chi connectivity index (χ4n) is 6.86. The number of fused-ring (bicyclic) bond motifs is 2. The van der Waals surface area contributed by atoms with Gasteiger partial charge in [-0.2, -0.15) is 15.3 Å². The maximum absolute atomic E-state index is 14.1. The zero-order valence-electron chi connectivity index (χ0n) is 23.1. The van der Waals surface area contributed by atoms with Gasteiger partial charge < -0.3 is 9.47 Å². The first-order valence-corrected chi connectivity index (χ1v) is 14.3. The summed E-state index contributed by atoms with van der Waals surface area (Å²) in [7, 11) is 0. The predicted octanol–water partition coefficient (Wildman–Crippen LogP) is 4.97. The summed E-state index contributed by atoms with van der Waals surface area (Å²) in [6.45, 7) is 6.21. The van der Waals surface area contributed by atoms with Crippen LogP contribution in [0, 0.1) is 25.6 Å². The minimum absolute atomic E-state index is 0.00724. The molecule has 3 aliphatic rings. The van der Waals surface area contributed by atoms with Gasteiger partial charge in [0.25, 0.3) is 0 Å². The van der Waals surface area contributed by atoms with Crippen LogP contribution in [0.1, 0.15) is 55.4 Å². The number of rotatable bonds is 5. The SMILES string of the molecule is Cc1nn(-c2cncc(F)c2)c(C)c1-c1cc(C23CCOCC2C3)nc2c(-c3ccnn3C3CCCCO3)cnn12. The van der Waals surface area contributed by atoms with Gasteiger partial charge in [-0.25, -0.2) is 23.3 Å². The van der Waals surface area contributed by atoms with E-state index >= 15 is 0 Å². The highest BCUT2D eigenvalue weighted by atomic mass is 19.1. The highest BCUT2D eigenvalue weighted by Gasteiger charge is 2.58. The van der Waals surface area contributed by atoms with Crippen LogP contribution in [0.4, 0.5) is 4.39 Å². The summed E-state index contributed by atoms with van der Waals surface area (Å²) < 4.78 is 31.6. The third-order valence-corrected chi connectivity index (χ3v) is 9.08. The molecule has 2 aliphatic heterocycles. The third kappa shape index (κ3) is 3.86. The molecule has 0 spiro atoms. The second-order valence-corrected chi connectivity index (χ2v) is 11.5. The van der Waals surface area contributed by atoms with Crippen molar-refractivity contribution in [1.29, 1.82) is 0 Å². The average Bonchev–Trinajstić information content (AvgIpc) is 3.23. The molecule has 5 aromatic rings. The van der Waals surface area contributed by atoms with E-state index in [9.17, 15) is 4.39 Å². The van der Waals surface area contributed by atoms with Gasteiger partial charge >= 0.3 is 0 Å². The molecule has 2 saturated heterocycles. The molecular formula is C30H31FN8O2. The summed E-state index contributed by atoms with van der Waals surface area (Å²) in [5.41, 5.74) is 7.83. The van der Waals surface area contributed by atoms with Gasteiger partial charge in [0, 0.05) is 36.5 Å². The normalized spacial score (nSPS) is 24.1. The molecular weight excluding hydrogens is 523 g/mol. The Morgan fingerprint density at radius 3 is 2.80 bits per heavy atom. The van der Waals surface area contributed by atoms with E-state index in [1.807, 2.05) is 41.5 Å². The number of hydrogen-bond acceptors (Lipinski definition) is 7. The van der Waals surface area contributed by atoms with Crippen molar-refractivity contribution < 1.29 is 13.9 Å². The molecule has 11 heteroatoms. The van der Waals surface area contributed by atoms with Gasteiger partial charge in [0.15, 0.2) is 11.9 Å². The summed E-state index contributed by atoms with van der Waals surface area (Å²) in [5, 5.41) is 14.3. The second kappa shape index (κ2) is 9.28. The average molecular weight is 555 g/mol. The van der Waals surface area contributed by atoms with Crippen molar-refractivity contribution >= 4 is 5.65 Å². The van der Waals surface area contributed by atoms with Gasteiger partial charge in [-0.05, 0) is 64.0 Å². The molecule has 0 N–H and O–H groups in total. The van der Waals surface area contributed by atoms with Crippen molar-refractivity contribution in [2.45, 2.75) is 57.6 Å². The Hall–Kier alpha value is -3.96. The number of hydrogen-bond donors (Lipinski definition) is 0. The van der Waals surface area contributed by atoms with Crippen molar-refractivity contribution in [2.24, 2.45) is 5.92 Å². The van der Waals surface area contributed by atoms with Crippen LogP contribution in [0.3, 0.4) is 0 Å². The Labute approximate surface area is 236 Å². The van der Waals surface area contributed by atoms with Crippen LogP contribution in [0.15, 0.2) is 43.0 Å². The van der Waals surface area contributed by atoms with Crippen LogP contribution in [0.25, 0.3) is 33.8 Å². The summed E-state index contributed by atoms with van der Waals surface area (Å²) in [5.74, 6) is 0.0636. The number of ether oxygens (including phenoxy) is 2. The number of aromatic nitrogens is 8. The Kier molecular flexibility index (Phi) is 5.62. The second-order valence-electron chi connectivity index (χ2n) is 11.5. The first kappa shape index (κ1) is 24.8. The largest absolute Gasteiger partial charge is 0.381 e. The lowest BCUT2D eigenvalue weighted by Gasteiger charge is -2.24. The van der Waals surface area contributed by atoms with Crippen molar-refractivity contribution in [3.05, 3.63) is 65.9 Å². The standard InChI is InChI=1S/C30H31FN8O2/c1-18-28(19(2)37(36-18)22-11-21(31)14-32-15-22)25-12-26(30-7-10-40-17-20(30)13-30)35-29-23(16-34-39(25)29)24-6-8-33-38(24)27-5-3-4-9-41-27/h6,8,11-12,14-16,20,27H,3-5,7,9-10,13,17H2,1-2H3. The molecule has 1 aliphatic carbocycles. The van der Waals surface area contributed by atoms with Crippen LogP contribution >= 0.6 is 0 Å². The lowest BCUT2D eigenvalue weighted by atomic mass is 9.92. The van der Waals surface area contributed by atoms with E-state index < -0.39 is 5.82 Å². The van der Waals surface area contributed by atoms with Crippen LogP contribution in [0.2, 0.25) is 0 Å². The molecule has 3 atom stereocenters. The fourth-order valence-corrected chi connectivity index (χ4v) is 6.86. The Bertz CT molecular complexity index is 1780. The predicted molar refractivity (Wildman–Crippen MR) is 148 cm³/mol. The smallest absolute Gasteiger partial charge is 0.165 e. The zero-order valence-corrected chi connectivity index (χ0v) is 23.1. The Morgan fingerprint density at radius 2 is 1.98 bits per heavy atom. The Balaban J connectivity index is 1.33. The topological polar surface area (TPSA) is 97.2 Å². The van der Waals surface area contributed by atoms with E-state index in [0.717, 1.165) is 97.2 Å². The maximum atomic E-state index is 14.1.